The molecule has 8 nitrogen and oxygen atoms in total. The number of halogens is 3. The van der Waals surface area contributed by atoms with Crippen molar-refractivity contribution in [2.24, 2.45) is 0 Å². The summed E-state index contributed by atoms with van der Waals surface area (Å²) in [6, 6.07) is 1.00. The maximum atomic E-state index is 13.2. The first-order chi connectivity index (χ1) is 12.6. The molecule has 3 saturated heterocycles. The molecule has 140 valence electrons. The second-order valence-corrected chi connectivity index (χ2v) is 6.54. The maximum Gasteiger partial charge on any atom is 0.417 e. The molecule has 11 heteroatoms. The fraction of sp³-hybridized carbons (Fsp3) is 0.375. The molecule has 3 aliphatic rings. The van der Waals surface area contributed by atoms with Crippen molar-refractivity contribution < 1.29 is 32.7 Å². The van der Waals surface area contributed by atoms with Gasteiger partial charge in [-0.3, -0.25) is 4.79 Å². The van der Waals surface area contributed by atoms with E-state index in [1.165, 1.54) is 11.0 Å². The minimum absolute atomic E-state index is 0.0601. The maximum absolute atomic E-state index is 13.2. The van der Waals surface area contributed by atoms with Gasteiger partial charge in [-0.15, -0.1) is 0 Å². The number of carbonyl (C=O) groups excluding carboxylic acids is 2. The molecule has 1 aromatic carbocycles. The summed E-state index contributed by atoms with van der Waals surface area (Å²) >= 11 is 0. The standard InChI is InChI=1S/C16H11F3N4O4/c17-16(18,19)10-3-8(2-1-7(10)5-20)23-13(24)12-11-4-9(22(12)14(23)25)6-21(11)15(26)27/h1-3,9,11-12H,4,6H2,(H,26,27)/t9-,11?,12+/m0/s1. The smallest absolute Gasteiger partial charge is 0.417 e. The molecule has 0 aromatic heterocycles. The summed E-state index contributed by atoms with van der Waals surface area (Å²) in [5.41, 5.74) is -2.17. The Morgan fingerprint density at radius 3 is 2.59 bits per heavy atom. The normalized spacial score (nSPS) is 26.6. The van der Waals surface area contributed by atoms with E-state index in [9.17, 15) is 32.7 Å². The van der Waals surface area contributed by atoms with E-state index in [-0.39, 0.29) is 12.2 Å². The van der Waals surface area contributed by atoms with Gasteiger partial charge in [-0.05, 0) is 24.6 Å². The molecule has 3 heterocycles. The predicted molar refractivity (Wildman–Crippen MR) is 81.6 cm³/mol. The predicted octanol–water partition coefficient (Wildman–Crippen LogP) is 1.85. The lowest BCUT2D eigenvalue weighted by atomic mass is 10.1. The number of imide groups is 1. The van der Waals surface area contributed by atoms with Crippen LogP contribution in [0.4, 0.5) is 28.4 Å². The first kappa shape index (κ1) is 17.1. The average Bonchev–Trinajstić information content (AvgIpc) is 3.25. The molecule has 4 rings (SSSR count). The van der Waals surface area contributed by atoms with Crippen LogP contribution in [0.3, 0.4) is 0 Å². The summed E-state index contributed by atoms with van der Waals surface area (Å²) in [4.78, 5) is 39.7. The number of nitriles is 1. The zero-order valence-corrected chi connectivity index (χ0v) is 13.5. The van der Waals surface area contributed by atoms with E-state index in [0.29, 0.717) is 17.4 Å². The Balaban J connectivity index is 1.73. The van der Waals surface area contributed by atoms with Gasteiger partial charge in [0.25, 0.3) is 5.91 Å². The van der Waals surface area contributed by atoms with Gasteiger partial charge >= 0.3 is 18.3 Å². The van der Waals surface area contributed by atoms with Crippen molar-refractivity contribution in [3.05, 3.63) is 29.3 Å². The van der Waals surface area contributed by atoms with E-state index in [4.69, 9.17) is 5.26 Å². The second kappa shape index (κ2) is 5.35. The fourth-order valence-corrected chi connectivity index (χ4v) is 4.12. The third-order valence-electron chi connectivity index (χ3n) is 5.20. The minimum Gasteiger partial charge on any atom is -0.465 e. The molecular formula is C16H11F3N4O4. The minimum atomic E-state index is -4.83. The van der Waals surface area contributed by atoms with Crippen LogP contribution in [-0.2, 0) is 11.0 Å². The molecule has 1 unspecified atom stereocenters. The van der Waals surface area contributed by atoms with Gasteiger partial charge in [-0.25, -0.2) is 14.5 Å². The fourth-order valence-electron chi connectivity index (χ4n) is 4.12. The lowest BCUT2D eigenvalue weighted by Gasteiger charge is -2.32. The number of carbonyl (C=O) groups is 3. The molecule has 2 bridgehead atoms. The third kappa shape index (κ3) is 2.26. The first-order valence-electron chi connectivity index (χ1n) is 7.92. The number of amides is 4. The molecule has 3 fully saturated rings. The Bertz CT molecular complexity index is 925. The molecule has 27 heavy (non-hydrogen) atoms. The van der Waals surface area contributed by atoms with Crippen LogP contribution >= 0.6 is 0 Å². The van der Waals surface area contributed by atoms with Crippen molar-refractivity contribution in [2.75, 3.05) is 11.4 Å². The summed E-state index contributed by atoms with van der Waals surface area (Å²) < 4.78 is 39.5. The van der Waals surface area contributed by atoms with Gasteiger partial charge in [0, 0.05) is 6.54 Å². The Hall–Kier alpha value is -3.29. The van der Waals surface area contributed by atoms with Gasteiger partial charge in [0.2, 0.25) is 0 Å². The molecule has 0 radical (unpaired) electrons. The number of alkyl halides is 3. The van der Waals surface area contributed by atoms with Gasteiger partial charge in [-0.1, -0.05) is 0 Å². The van der Waals surface area contributed by atoms with E-state index >= 15 is 0 Å². The average molecular weight is 380 g/mol. The number of nitrogens with zero attached hydrogens (tertiary/aromatic N) is 4. The monoisotopic (exact) mass is 380 g/mol. The van der Waals surface area contributed by atoms with E-state index in [1.807, 2.05) is 0 Å². The summed E-state index contributed by atoms with van der Waals surface area (Å²) in [5.74, 6) is -0.767. The van der Waals surface area contributed by atoms with Crippen LogP contribution in [-0.4, -0.2) is 57.6 Å². The van der Waals surface area contributed by atoms with E-state index in [0.717, 1.165) is 17.0 Å². The van der Waals surface area contributed by atoms with Gasteiger partial charge in [0.15, 0.2) is 0 Å². The van der Waals surface area contributed by atoms with Crippen molar-refractivity contribution in [2.45, 2.75) is 30.7 Å². The number of likely N-dealkylation sites (tertiary alicyclic amines) is 1. The van der Waals surface area contributed by atoms with Crippen molar-refractivity contribution in [3.8, 4) is 6.07 Å². The summed E-state index contributed by atoms with van der Waals surface area (Å²) in [6.45, 7) is 0.0601. The van der Waals surface area contributed by atoms with Crippen LogP contribution < -0.4 is 4.90 Å². The lowest BCUT2D eigenvalue weighted by molar-refractivity contribution is -0.137. The quantitative estimate of drug-likeness (QED) is 0.749. The molecule has 1 N–H and O–H groups in total. The van der Waals surface area contributed by atoms with Crippen molar-refractivity contribution in [1.29, 1.82) is 5.26 Å². The lowest BCUT2D eigenvalue weighted by Crippen LogP contribution is -2.54. The van der Waals surface area contributed by atoms with Crippen molar-refractivity contribution in [3.63, 3.8) is 0 Å². The number of piperazine rings is 1. The molecule has 0 saturated carbocycles. The number of hydrogen-bond donors (Lipinski definition) is 1. The Labute approximate surface area is 150 Å². The van der Waals surface area contributed by atoms with Gasteiger partial charge in [0.1, 0.15) is 6.04 Å². The Morgan fingerprint density at radius 2 is 2.00 bits per heavy atom. The van der Waals surface area contributed by atoms with Crippen molar-refractivity contribution >= 4 is 23.7 Å². The number of hydrogen-bond acceptors (Lipinski definition) is 4. The van der Waals surface area contributed by atoms with Crippen LogP contribution in [0.25, 0.3) is 0 Å². The van der Waals surface area contributed by atoms with Crippen LogP contribution in [0.15, 0.2) is 18.2 Å². The third-order valence-corrected chi connectivity index (χ3v) is 5.20. The molecule has 1 aromatic rings. The van der Waals surface area contributed by atoms with Gasteiger partial charge < -0.3 is 14.9 Å². The van der Waals surface area contributed by atoms with Crippen molar-refractivity contribution in [1.82, 2.24) is 9.80 Å². The zero-order valence-electron chi connectivity index (χ0n) is 13.5. The molecule has 0 spiro atoms. The second-order valence-electron chi connectivity index (χ2n) is 6.54. The largest absolute Gasteiger partial charge is 0.465 e. The van der Waals surface area contributed by atoms with Crippen LogP contribution in [0.1, 0.15) is 17.5 Å². The van der Waals surface area contributed by atoms with E-state index in [1.54, 1.807) is 0 Å². The van der Waals surface area contributed by atoms with E-state index in [2.05, 4.69) is 0 Å². The molecular weight excluding hydrogens is 369 g/mol. The number of benzene rings is 1. The van der Waals surface area contributed by atoms with Crippen LogP contribution in [0.2, 0.25) is 0 Å². The SMILES string of the molecule is N#Cc1ccc(N2C(=O)[C@H]3C4C[C@@H](CN4C(=O)O)N3C2=O)cc1C(F)(F)F. The highest BCUT2D eigenvalue weighted by molar-refractivity contribution is 6.22. The topological polar surface area (TPSA) is 105 Å². The number of rotatable bonds is 1. The summed E-state index contributed by atoms with van der Waals surface area (Å²) in [5, 5.41) is 18.1. The Kier molecular flexibility index (Phi) is 3.40. The number of carboxylic acid groups (broad SMARTS) is 1. The first-order valence-corrected chi connectivity index (χ1v) is 7.92. The highest BCUT2D eigenvalue weighted by atomic mass is 19.4. The zero-order chi connectivity index (χ0) is 19.7. The Morgan fingerprint density at radius 1 is 1.30 bits per heavy atom. The highest BCUT2D eigenvalue weighted by Gasteiger charge is 2.63. The summed E-state index contributed by atoms with van der Waals surface area (Å²) in [6.07, 6.45) is -5.72. The van der Waals surface area contributed by atoms with E-state index < -0.39 is 53.5 Å². The molecule has 4 amide bonds. The molecule has 3 aliphatic heterocycles. The highest BCUT2D eigenvalue weighted by Crippen LogP contribution is 2.43. The number of anilines is 1. The van der Waals surface area contributed by atoms with Crippen LogP contribution in [0.5, 0.6) is 0 Å². The van der Waals surface area contributed by atoms with Crippen LogP contribution in [0, 0.1) is 11.3 Å². The van der Waals surface area contributed by atoms with Gasteiger partial charge in [-0.2, -0.15) is 18.4 Å². The number of fused-ring (bicyclic) bond motifs is 5. The molecule has 0 aliphatic carbocycles. The summed E-state index contributed by atoms with van der Waals surface area (Å²) in [7, 11) is 0. The molecule has 3 atom stereocenters. The number of urea groups is 1. The van der Waals surface area contributed by atoms with Gasteiger partial charge in [0.05, 0.1) is 35.0 Å².